The van der Waals surface area contributed by atoms with Crippen LogP contribution in [0.1, 0.15) is 22.0 Å². The van der Waals surface area contributed by atoms with E-state index in [2.05, 4.69) is 15.7 Å². The first-order valence-electron chi connectivity index (χ1n) is 7.87. The molecule has 2 aromatic carbocycles. The van der Waals surface area contributed by atoms with Gasteiger partial charge in [0.2, 0.25) is 0 Å². The normalized spacial score (nSPS) is 11.4. The van der Waals surface area contributed by atoms with Gasteiger partial charge in [-0.1, -0.05) is 24.3 Å². The Morgan fingerprint density at radius 1 is 1.23 bits per heavy atom. The number of nitriles is 1. The molecule has 6 nitrogen and oxygen atoms in total. The van der Waals surface area contributed by atoms with Crippen molar-refractivity contribution < 1.29 is 9.18 Å². The number of rotatable bonds is 5. The van der Waals surface area contributed by atoms with Crippen molar-refractivity contribution in [3.05, 3.63) is 77.9 Å². The van der Waals surface area contributed by atoms with E-state index in [1.807, 2.05) is 12.1 Å². The molecule has 0 radical (unpaired) electrons. The monoisotopic (exact) mass is 349 g/mol. The summed E-state index contributed by atoms with van der Waals surface area (Å²) in [6.45, 7) is 0. The van der Waals surface area contributed by atoms with E-state index in [9.17, 15) is 14.4 Å². The fourth-order valence-corrected chi connectivity index (χ4v) is 2.49. The van der Waals surface area contributed by atoms with Crippen LogP contribution in [-0.2, 0) is 7.05 Å². The van der Waals surface area contributed by atoms with E-state index in [0.717, 1.165) is 5.69 Å². The summed E-state index contributed by atoms with van der Waals surface area (Å²) in [7, 11) is 1.81. The van der Waals surface area contributed by atoms with Gasteiger partial charge in [-0.3, -0.25) is 9.48 Å². The minimum Gasteiger partial charge on any atom is -0.353 e. The zero-order valence-corrected chi connectivity index (χ0v) is 14.0. The molecule has 0 spiro atoms. The Labute approximate surface area is 149 Å². The summed E-state index contributed by atoms with van der Waals surface area (Å²) in [4.78, 5) is 12.5. The van der Waals surface area contributed by atoms with Gasteiger partial charge in [0.05, 0.1) is 18.0 Å². The molecule has 1 atom stereocenters. The molecule has 1 heterocycles. The van der Waals surface area contributed by atoms with E-state index in [1.165, 1.54) is 18.2 Å². The molecule has 26 heavy (non-hydrogen) atoms. The number of aromatic nitrogens is 2. The van der Waals surface area contributed by atoms with Crippen molar-refractivity contribution in [1.82, 2.24) is 15.1 Å². The standard InChI is InChI=1S/C19H16FN5O/c1-25-12-15(11-22-25)23-14-6-4-5-13(9-14)19(26)24-18(10-21)16-7-2-3-8-17(16)20/h2-9,11-12,18,23H,1H3,(H,24,26). The van der Waals surface area contributed by atoms with Gasteiger partial charge < -0.3 is 10.6 Å². The van der Waals surface area contributed by atoms with Crippen LogP contribution in [0.25, 0.3) is 0 Å². The van der Waals surface area contributed by atoms with Gasteiger partial charge in [-0.2, -0.15) is 10.4 Å². The number of carbonyl (C=O) groups excluding carboxylic acids is 1. The van der Waals surface area contributed by atoms with Crippen molar-refractivity contribution in [1.29, 1.82) is 5.26 Å². The van der Waals surface area contributed by atoms with Crippen LogP contribution in [0.2, 0.25) is 0 Å². The van der Waals surface area contributed by atoms with Gasteiger partial charge in [-0.05, 0) is 24.3 Å². The Morgan fingerprint density at radius 2 is 2.04 bits per heavy atom. The molecule has 7 heteroatoms. The van der Waals surface area contributed by atoms with Crippen molar-refractivity contribution in [3.8, 4) is 6.07 Å². The molecule has 0 aliphatic heterocycles. The van der Waals surface area contributed by atoms with Crippen LogP contribution in [0, 0.1) is 17.1 Å². The summed E-state index contributed by atoms with van der Waals surface area (Å²) in [5, 5.41) is 19.1. The third kappa shape index (κ3) is 3.87. The van der Waals surface area contributed by atoms with Crippen LogP contribution in [-0.4, -0.2) is 15.7 Å². The zero-order valence-electron chi connectivity index (χ0n) is 14.0. The quantitative estimate of drug-likeness (QED) is 0.740. The van der Waals surface area contributed by atoms with E-state index < -0.39 is 17.8 Å². The Kier molecular flexibility index (Phi) is 4.94. The van der Waals surface area contributed by atoms with Crippen molar-refractivity contribution in [2.45, 2.75) is 6.04 Å². The fourth-order valence-electron chi connectivity index (χ4n) is 2.49. The van der Waals surface area contributed by atoms with Gasteiger partial charge in [0.25, 0.3) is 5.91 Å². The van der Waals surface area contributed by atoms with Crippen LogP contribution in [0.5, 0.6) is 0 Å². The summed E-state index contributed by atoms with van der Waals surface area (Å²) in [5.74, 6) is -0.999. The van der Waals surface area contributed by atoms with Gasteiger partial charge in [-0.15, -0.1) is 0 Å². The molecule has 1 unspecified atom stereocenters. The van der Waals surface area contributed by atoms with E-state index in [4.69, 9.17) is 0 Å². The second-order valence-electron chi connectivity index (χ2n) is 5.67. The van der Waals surface area contributed by atoms with Gasteiger partial charge in [0, 0.05) is 30.1 Å². The molecular formula is C19H16FN5O. The lowest BCUT2D eigenvalue weighted by Crippen LogP contribution is -2.28. The molecule has 0 bridgehead atoms. The third-order valence-electron chi connectivity index (χ3n) is 3.74. The van der Waals surface area contributed by atoms with Crippen LogP contribution < -0.4 is 10.6 Å². The molecule has 3 rings (SSSR count). The molecule has 1 amide bonds. The van der Waals surface area contributed by atoms with Crippen molar-refractivity contribution in [2.24, 2.45) is 7.05 Å². The number of hydrogen-bond acceptors (Lipinski definition) is 4. The number of aryl methyl sites for hydroxylation is 1. The smallest absolute Gasteiger partial charge is 0.252 e. The molecule has 3 aromatic rings. The fraction of sp³-hybridized carbons (Fsp3) is 0.105. The number of amides is 1. The number of carbonyl (C=O) groups is 1. The van der Waals surface area contributed by atoms with Crippen molar-refractivity contribution in [2.75, 3.05) is 5.32 Å². The van der Waals surface area contributed by atoms with Crippen LogP contribution >= 0.6 is 0 Å². The maximum absolute atomic E-state index is 13.9. The lowest BCUT2D eigenvalue weighted by atomic mass is 10.1. The van der Waals surface area contributed by atoms with Gasteiger partial charge in [0.15, 0.2) is 0 Å². The van der Waals surface area contributed by atoms with E-state index in [-0.39, 0.29) is 5.56 Å². The SMILES string of the molecule is Cn1cc(Nc2cccc(C(=O)NC(C#N)c3ccccc3F)c2)cn1. The average molecular weight is 349 g/mol. The van der Waals surface area contributed by atoms with E-state index >= 15 is 0 Å². The van der Waals surface area contributed by atoms with Crippen LogP contribution in [0.4, 0.5) is 15.8 Å². The maximum atomic E-state index is 13.9. The molecule has 0 aliphatic rings. The van der Waals surface area contributed by atoms with Gasteiger partial charge in [0.1, 0.15) is 11.9 Å². The first-order chi connectivity index (χ1) is 12.6. The summed E-state index contributed by atoms with van der Waals surface area (Å²) in [5.41, 5.74) is 1.97. The molecular weight excluding hydrogens is 333 g/mol. The summed E-state index contributed by atoms with van der Waals surface area (Å²) in [6, 6.07) is 13.5. The third-order valence-corrected chi connectivity index (χ3v) is 3.74. The minimum atomic E-state index is -1.07. The number of benzene rings is 2. The highest BCUT2D eigenvalue weighted by Crippen LogP contribution is 2.19. The molecule has 130 valence electrons. The topological polar surface area (TPSA) is 82.7 Å². The second-order valence-corrected chi connectivity index (χ2v) is 5.67. The largest absolute Gasteiger partial charge is 0.353 e. The Hall–Kier alpha value is -3.66. The predicted octanol–water partition coefficient (Wildman–Crippen LogP) is 3.30. The Bertz CT molecular complexity index is 976. The number of nitrogens with zero attached hydrogens (tertiary/aromatic N) is 3. The molecule has 2 N–H and O–H groups in total. The highest BCUT2D eigenvalue weighted by atomic mass is 19.1. The Balaban J connectivity index is 1.76. The average Bonchev–Trinajstić information content (AvgIpc) is 3.05. The van der Waals surface area contributed by atoms with Gasteiger partial charge >= 0.3 is 0 Å². The Morgan fingerprint density at radius 3 is 2.73 bits per heavy atom. The maximum Gasteiger partial charge on any atom is 0.252 e. The predicted molar refractivity (Wildman–Crippen MR) is 95.2 cm³/mol. The summed E-state index contributed by atoms with van der Waals surface area (Å²) < 4.78 is 15.5. The van der Waals surface area contributed by atoms with Crippen molar-refractivity contribution >= 4 is 17.3 Å². The lowest BCUT2D eigenvalue weighted by Gasteiger charge is -2.13. The molecule has 0 saturated heterocycles. The highest BCUT2D eigenvalue weighted by molar-refractivity contribution is 5.95. The number of halogens is 1. The van der Waals surface area contributed by atoms with Crippen LogP contribution in [0.15, 0.2) is 60.9 Å². The van der Waals surface area contributed by atoms with E-state index in [1.54, 1.807) is 48.4 Å². The zero-order chi connectivity index (χ0) is 18.5. The highest BCUT2D eigenvalue weighted by Gasteiger charge is 2.18. The summed E-state index contributed by atoms with van der Waals surface area (Å²) in [6.07, 6.45) is 3.47. The van der Waals surface area contributed by atoms with Crippen molar-refractivity contribution in [3.63, 3.8) is 0 Å². The van der Waals surface area contributed by atoms with E-state index in [0.29, 0.717) is 11.3 Å². The van der Waals surface area contributed by atoms with Gasteiger partial charge in [-0.25, -0.2) is 4.39 Å². The first-order valence-corrected chi connectivity index (χ1v) is 7.87. The molecule has 0 saturated carbocycles. The first kappa shape index (κ1) is 17.2. The number of hydrogen-bond donors (Lipinski definition) is 2. The van der Waals surface area contributed by atoms with Crippen LogP contribution in [0.3, 0.4) is 0 Å². The lowest BCUT2D eigenvalue weighted by molar-refractivity contribution is 0.0945. The molecule has 0 fully saturated rings. The second kappa shape index (κ2) is 7.49. The number of nitrogens with one attached hydrogen (secondary N) is 2. The number of anilines is 2. The molecule has 1 aromatic heterocycles. The molecule has 0 aliphatic carbocycles. The minimum absolute atomic E-state index is 0.132. The summed E-state index contributed by atoms with van der Waals surface area (Å²) >= 11 is 0.